The second kappa shape index (κ2) is 8.12. The first-order valence-electron chi connectivity index (χ1n) is 10.2. The minimum absolute atomic E-state index is 0.100. The van der Waals surface area contributed by atoms with Crippen LogP contribution in [0.3, 0.4) is 0 Å². The zero-order chi connectivity index (χ0) is 22.9. The molecule has 4 heterocycles. The van der Waals surface area contributed by atoms with E-state index < -0.39 is 5.82 Å². The number of benzene rings is 1. The standard InChI is InChI=1S/C23H18FN9/c1-3-32-18(9-11-28-32)20-21(14-6-4-7-15(12-14)26-2)30-23(25)33-22(20)29-19(31-33)13-17-16(24)8-5-10-27-17/h4-12H,3,13H2,1H3,(H2,25,30). The fraction of sp³-hybridized carbons (Fsp3) is 0.130. The van der Waals surface area contributed by atoms with Gasteiger partial charge in [-0.15, -0.1) is 5.10 Å². The Morgan fingerprint density at radius 2 is 2.00 bits per heavy atom. The second-order valence-electron chi connectivity index (χ2n) is 7.26. The molecule has 4 aromatic heterocycles. The van der Waals surface area contributed by atoms with Crippen molar-refractivity contribution in [2.75, 3.05) is 5.73 Å². The van der Waals surface area contributed by atoms with Gasteiger partial charge in [0.15, 0.2) is 17.2 Å². The van der Waals surface area contributed by atoms with Crippen LogP contribution in [0.1, 0.15) is 18.4 Å². The van der Waals surface area contributed by atoms with Crippen molar-refractivity contribution in [2.45, 2.75) is 19.9 Å². The molecule has 10 heteroatoms. The molecule has 0 aliphatic rings. The van der Waals surface area contributed by atoms with Crippen molar-refractivity contribution in [3.63, 3.8) is 0 Å². The number of hydrogen-bond acceptors (Lipinski definition) is 6. The number of nitrogen functional groups attached to an aromatic ring is 1. The van der Waals surface area contributed by atoms with Gasteiger partial charge in [-0.25, -0.2) is 19.2 Å². The van der Waals surface area contributed by atoms with E-state index in [0.717, 1.165) is 11.3 Å². The van der Waals surface area contributed by atoms with E-state index in [1.165, 1.54) is 22.8 Å². The molecular weight excluding hydrogens is 421 g/mol. The molecule has 0 aliphatic carbocycles. The highest BCUT2D eigenvalue weighted by Gasteiger charge is 2.23. The Labute approximate surface area is 188 Å². The van der Waals surface area contributed by atoms with Crippen LogP contribution >= 0.6 is 0 Å². The van der Waals surface area contributed by atoms with Crippen molar-refractivity contribution < 1.29 is 4.39 Å². The first kappa shape index (κ1) is 20.3. The Balaban J connectivity index is 1.77. The first-order valence-corrected chi connectivity index (χ1v) is 10.2. The maximum Gasteiger partial charge on any atom is 0.223 e. The van der Waals surface area contributed by atoms with Crippen LogP contribution in [-0.4, -0.2) is 34.3 Å². The van der Waals surface area contributed by atoms with Gasteiger partial charge in [-0.1, -0.05) is 18.2 Å². The third-order valence-corrected chi connectivity index (χ3v) is 5.24. The second-order valence-corrected chi connectivity index (χ2v) is 7.26. The lowest BCUT2D eigenvalue weighted by atomic mass is 10.0. The predicted octanol–water partition coefficient (Wildman–Crippen LogP) is 3.93. The Morgan fingerprint density at radius 1 is 1.12 bits per heavy atom. The highest BCUT2D eigenvalue weighted by atomic mass is 19.1. The average molecular weight is 439 g/mol. The largest absolute Gasteiger partial charge is 0.368 e. The van der Waals surface area contributed by atoms with E-state index in [-0.39, 0.29) is 18.1 Å². The third-order valence-electron chi connectivity index (χ3n) is 5.24. The van der Waals surface area contributed by atoms with E-state index in [0.29, 0.717) is 35.0 Å². The van der Waals surface area contributed by atoms with Gasteiger partial charge < -0.3 is 5.73 Å². The molecular formula is C23H18FN9. The maximum atomic E-state index is 14.2. The van der Waals surface area contributed by atoms with Gasteiger partial charge in [-0.05, 0) is 36.8 Å². The van der Waals surface area contributed by atoms with Crippen LogP contribution < -0.4 is 5.73 Å². The van der Waals surface area contributed by atoms with Crippen molar-refractivity contribution in [2.24, 2.45) is 0 Å². The molecule has 5 aromatic rings. The normalized spacial score (nSPS) is 11.1. The molecule has 0 amide bonds. The molecule has 0 radical (unpaired) electrons. The lowest BCUT2D eigenvalue weighted by molar-refractivity contribution is 0.601. The van der Waals surface area contributed by atoms with Crippen LogP contribution in [-0.2, 0) is 13.0 Å². The summed E-state index contributed by atoms with van der Waals surface area (Å²) in [5, 5.41) is 8.86. The molecule has 0 unspecified atom stereocenters. The SMILES string of the molecule is [C-]#[N+]c1cccc(-c2nc(N)n3nc(Cc4ncccc4F)nc3c2-c2ccnn2CC)c1. The van der Waals surface area contributed by atoms with Crippen molar-refractivity contribution >= 4 is 17.3 Å². The topological polar surface area (TPSA) is 104 Å². The fourth-order valence-corrected chi connectivity index (χ4v) is 3.74. The smallest absolute Gasteiger partial charge is 0.223 e. The zero-order valence-electron chi connectivity index (χ0n) is 17.6. The van der Waals surface area contributed by atoms with Crippen LogP contribution in [0.15, 0.2) is 54.9 Å². The summed E-state index contributed by atoms with van der Waals surface area (Å²) in [4.78, 5) is 16.9. The fourth-order valence-electron chi connectivity index (χ4n) is 3.74. The highest BCUT2D eigenvalue weighted by molar-refractivity contribution is 5.90. The van der Waals surface area contributed by atoms with Gasteiger partial charge in [0.1, 0.15) is 5.82 Å². The summed E-state index contributed by atoms with van der Waals surface area (Å²) in [5.74, 6) is 0.0557. The van der Waals surface area contributed by atoms with Crippen molar-refractivity contribution in [1.29, 1.82) is 0 Å². The minimum atomic E-state index is -0.427. The molecule has 162 valence electrons. The summed E-state index contributed by atoms with van der Waals surface area (Å²) in [5.41, 5.74) is 10.2. The van der Waals surface area contributed by atoms with E-state index in [2.05, 4.69) is 25.0 Å². The van der Waals surface area contributed by atoms with E-state index in [1.807, 2.05) is 23.7 Å². The summed E-state index contributed by atoms with van der Waals surface area (Å²) < 4.78 is 17.4. The number of nitrogens with two attached hydrogens (primary N) is 1. The van der Waals surface area contributed by atoms with Gasteiger partial charge in [-0.2, -0.15) is 9.61 Å². The number of rotatable bonds is 5. The lowest BCUT2D eigenvalue weighted by Gasteiger charge is -2.13. The molecule has 33 heavy (non-hydrogen) atoms. The van der Waals surface area contributed by atoms with Crippen molar-refractivity contribution in [1.82, 2.24) is 34.3 Å². The highest BCUT2D eigenvalue weighted by Crippen LogP contribution is 2.36. The van der Waals surface area contributed by atoms with Crippen LogP contribution in [0, 0.1) is 12.4 Å². The maximum absolute atomic E-state index is 14.2. The Hall–Kier alpha value is -4.65. The molecule has 9 nitrogen and oxygen atoms in total. The average Bonchev–Trinajstić information content (AvgIpc) is 3.48. The number of fused-ring (bicyclic) bond motifs is 1. The summed E-state index contributed by atoms with van der Waals surface area (Å²) in [6.45, 7) is 9.97. The molecule has 0 aliphatic heterocycles. The number of hydrogen-bond donors (Lipinski definition) is 1. The predicted molar refractivity (Wildman–Crippen MR) is 121 cm³/mol. The monoisotopic (exact) mass is 439 g/mol. The minimum Gasteiger partial charge on any atom is -0.368 e. The zero-order valence-corrected chi connectivity index (χ0v) is 17.6. The Kier molecular flexibility index (Phi) is 4.99. The summed E-state index contributed by atoms with van der Waals surface area (Å²) in [6.07, 6.45) is 3.33. The summed E-state index contributed by atoms with van der Waals surface area (Å²) in [7, 11) is 0. The molecule has 5 rings (SSSR count). The number of nitrogens with zero attached hydrogens (tertiary/aromatic N) is 8. The van der Waals surface area contributed by atoms with E-state index in [9.17, 15) is 4.39 Å². The molecule has 2 N–H and O–H groups in total. The first-order chi connectivity index (χ1) is 16.1. The number of aryl methyl sites for hydroxylation is 1. The summed E-state index contributed by atoms with van der Waals surface area (Å²) >= 11 is 0. The molecule has 0 saturated carbocycles. The number of pyridine rings is 1. The van der Waals surface area contributed by atoms with Crippen molar-refractivity contribution in [3.05, 3.63) is 83.6 Å². The molecule has 1 aromatic carbocycles. The summed E-state index contributed by atoms with van der Waals surface area (Å²) in [6, 6.07) is 11.9. The molecule has 0 spiro atoms. The van der Waals surface area contributed by atoms with E-state index in [4.69, 9.17) is 17.3 Å². The number of aromatic nitrogens is 7. The van der Waals surface area contributed by atoms with Gasteiger partial charge in [0.2, 0.25) is 5.95 Å². The van der Waals surface area contributed by atoms with Gasteiger partial charge in [0, 0.05) is 18.9 Å². The molecule has 0 atom stereocenters. The molecule has 0 bridgehead atoms. The van der Waals surface area contributed by atoms with Gasteiger partial charge in [0.05, 0.1) is 35.6 Å². The number of anilines is 1. The van der Waals surface area contributed by atoms with Crippen LogP contribution in [0.2, 0.25) is 0 Å². The van der Waals surface area contributed by atoms with E-state index in [1.54, 1.807) is 24.4 Å². The molecule has 0 fully saturated rings. The Bertz CT molecular complexity index is 1530. The molecule has 0 saturated heterocycles. The van der Waals surface area contributed by atoms with Crippen LogP contribution in [0.25, 0.3) is 33.0 Å². The van der Waals surface area contributed by atoms with Gasteiger partial charge >= 0.3 is 0 Å². The van der Waals surface area contributed by atoms with Crippen LogP contribution in [0.5, 0.6) is 0 Å². The third kappa shape index (κ3) is 3.55. The number of halogens is 1. The van der Waals surface area contributed by atoms with Gasteiger partial charge in [0.25, 0.3) is 0 Å². The Morgan fingerprint density at radius 3 is 2.79 bits per heavy atom. The van der Waals surface area contributed by atoms with Crippen molar-refractivity contribution in [3.8, 4) is 22.5 Å². The quantitative estimate of drug-likeness (QED) is 0.416. The lowest BCUT2D eigenvalue weighted by Crippen LogP contribution is -2.08. The van der Waals surface area contributed by atoms with Gasteiger partial charge in [-0.3, -0.25) is 9.67 Å². The van der Waals surface area contributed by atoms with Crippen LogP contribution in [0.4, 0.5) is 16.0 Å². The van der Waals surface area contributed by atoms with E-state index >= 15 is 0 Å².